The van der Waals surface area contributed by atoms with Crippen molar-refractivity contribution in [1.29, 1.82) is 0 Å². The molecule has 8 heteroatoms. The molecule has 3 rings (SSSR count). The molecule has 3 aromatic rings. The Morgan fingerprint density at radius 2 is 1.92 bits per heavy atom. The zero-order valence-corrected chi connectivity index (χ0v) is 15.1. The summed E-state index contributed by atoms with van der Waals surface area (Å²) in [5.74, 6) is 0.709. The average molecular weight is 352 g/mol. The van der Waals surface area contributed by atoms with Crippen LogP contribution in [0.5, 0.6) is 0 Å². The third-order valence-electron chi connectivity index (χ3n) is 3.36. The molecule has 0 saturated carbocycles. The molecule has 0 aliphatic rings. The second kappa shape index (κ2) is 6.91. The van der Waals surface area contributed by atoms with Gasteiger partial charge < -0.3 is 10.1 Å². The number of ether oxygens (including phenoxy) is 1. The first-order chi connectivity index (χ1) is 12.3. The molecule has 0 bridgehead atoms. The van der Waals surface area contributed by atoms with Gasteiger partial charge in [-0.3, -0.25) is 0 Å². The maximum absolute atomic E-state index is 12.1. The zero-order valence-electron chi connectivity index (χ0n) is 15.1. The molecule has 0 aliphatic heterocycles. The fraction of sp³-hybridized carbons (Fsp3) is 0.278. The molecule has 0 atom stereocenters. The largest absolute Gasteiger partial charge is 0.456 e. The first kappa shape index (κ1) is 17.5. The molecular formula is C18H20N6O2. The summed E-state index contributed by atoms with van der Waals surface area (Å²) in [6.07, 6.45) is 4.74. The van der Waals surface area contributed by atoms with Gasteiger partial charge >= 0.3 is 5.97 Å². The van der Waals surface area contributed by atoms with Crippen LogP contribution in [0.4, 0.5) is 11.6 Å². The lowest BCUT2D eigenvalue weighted by atomic mass is 10.1. The van der Waals surface area contributed by atoms with E-state index in [0.29, 0.717) is 17.3 Å². The number of esters is 1. The first-order valence-electron chi connectivity index (χ1n) is 8.11. The van der Waals surface area contributed by atoms with Gasteiger partial charge in [0.2, 0.25) is 5.95 Å². The van der Waals surface area contributed by atoms with Crippen LogP contribution in [0.1, 0.15) is 36.7 Å². The Balaban J connectivity index is 1.76. The van der Waals surface area contributed by atoms with Crippen LogP contribution in [0.15, 0.2) is 43.1 Å². The molecule has 1 aromatic carbocycles. The Labute approximate surface area is 151 Å². The summed E-state index contributed by atoms with van der Waals surface area (Å²) in [7, 11) is 0. The minimum absolute atomic E-state index is 0.357. The normalized spacial score (nSPS) is 11.2. The lowest BCUT2D eigenvalue weighted by molar-refractivity contribution is 0.00696. The van der Waals surface area contributed by atoms with Crippen molar-refractivity contribution >= 4 is 17.6 Å². The van der Waals surface area contributed by atoms with E-state index in [1.54, 1.807) is 41.5 Å². The molecule has 2 heterocycles. The third-order valence-corrected chi connectivity index (χ3v) is 3.36. The van der Waals surface area contributed by atoms with E-state index in [2.05, 4.69) is 25.4 Å². The Bertz CT molecular complexity index is 898. The van der Waals surface area contributed by atoms with Gasteiger partial charge in [0, 0.05) is 17.4 Å². The summed E-state index contributed by atoms with van der Waals surface area (Å²) in [4.78, 5) is 24.7. The number of nitrogens with one attached hydrogen (secondary N) is 1. The predicted octanol–water partition coefficient (Wildman–Crippen LogP) is 3.06. The Morgan fingerprint density at radius 3 is 2.54 bits per heavy atom. The van der Waals surface area contributed by atoms with Crippen molar-refractivity contribution in [3.63, 3.8) is 0 Å². The highest BCUT2D eigenvalue weighted by Gasteiger charge is 2.17. The van der Waals surface area contributed by atoms with Crippen LogP contribution in [0, 0.1) is 6.92 Å². The number of aryl methyl sites for hydroxylation is 1. The van der Waals surface area contributed by atoms with E-state index >= 15 is 0 Å². The summed E-state index contributed by atoms with van der Waals surface area (Å²) < 4.78 is 6.93. The highest BCUT2D eigenvalue weighted by molar-refractivity contribution is 5.90. The minimum Gasteiger partial charge on any atom is -0.456 e. The van der Waals surface area contributed by atoms with Gasteiger partial charge in [0.1, 0.15) is 18.3 Å². The fourth-order valence-corrected chi connectivity index (χ4v) is 2.20. The molecule has 1 N–H and O–H groups in total. The number of benzene rings is 1. The molecule has 2 aromatic heterocycles. The monoisotopic (exact) mass is 352 g/mol. The molecule has 134 valence electrons. The van der Waals surface area contributed by atoms with Crippen molar-refractivity contribution in [3.05, 3.63) is 54.2 Å². The van der Waals surface area contributed by atoms with Crippen LogP contribution in [-0.2, 0) is 4.74 Å². The second-order valence-corrected chi connectivity index (χ2v) is 6.74. The Morgan fingerprint density at radius 1 is 1.19 bits per heavy atom. The molecule has 0 spiro atoms. The van der Waals surface area contributed by atoms with E-state index in [0.717, 1.165) is 11.3 Å². The number of hydrogen-bond donors (Lipinski definition) is 1. The van der Waals surface area contributed by atoms with Crippen LogP contribution < -0.4 is 5.32 Å². The predicted molar refractivity (Wildman–Crippen MR) is 96.6 cm³/mol. The standard InChI is InChI=1S/C18H20N6O2/c1-12-9-20-17(23-15(12)24-11-19-10-21-24)22-14-7-5-13(6-8-14)16(25)26-18(2,3)4/h5-11H,1-4H3,(H,20,22,23). The van der Waals surface area contributed by atoms with Crippen LogP contribution >= 0.6 is 0 Å². The van der Waals surface area contributed by atoms with Crippen molar-refractivity contribution in [2.24, 2.45) is 0 Å². The van der Waals surface area contributed by atoms with Crippen molar-refractivity contribution in [3.8, 4) is 5.82 Å². The van der Waals surface area contributed by atoms with Gasteiger partial charge in [0.25, 0.3) is 0 Å². The molecule has 0 amide bonds. The summed E-state index contributed by atoms with van der Waals surface area (Å²) in [6, 6.07) is 6.95. The highest BCUT2D eigenvalue weighted by Crippen LogP contribution is 2.18. The third kappa shape index (κ3) is 4.21. The molecule has 0 radical (unpaired) electrons. The fourth-order valence-electron chi connectivity index (χ4n) is 2.20. The molecule has 0 saturated heterocycles. The van der Waals surface area contributed by atoms with Gasteiger partial charge in [0.05, 0.1) is 5.56 Å². The van der Waals surface area contributed by atoms with Crippen LogP contribution in [-0.4, -0.2) is 36.3 Å². The second-order valence-electron chi connectivity index (χ2n) is 6.74. The molecule has 0 unspecified atom stereocenters. The van der Waals surface area contributed by atoms with Crippen LogP contribution in [0.3, 0.4) is 0 Å². The van der Waals surface area contributed by atoms with E-state index in [9.17, 15) is 4.79 Å². The summed E-state index contributed by atoms with van der Waals surface area (Å²) in [6.45, 7) is 7.41. The van der Waals surface area contributed by atoms with Gasteiger partial charge in [-0.25, -0.2) is 19.4 Å². The van der Waals surface area contributed by atoms with Crippen LogP contribution in [0.25, 0.3) is 5.82 Å². The number of nitrogens with zero attached hydrogens (tertiary/aromatic N) is 5. The number of rotatable bonds is 4. The highest BCUT2D eigenvalue weighted by atomic mass is 16.6. The van der Waals surface area contributed by atoms with Gasteiger partial charge in [-0.2, -0.15) is 10.1 Å². The number of carbonyl (C=O) groups excluding carboxylic acids is 1. The summed E-state index contributed by atoms with van der Waals surface area (Å²) >= 11 is 0. The lowest BCUT2D eigenvalue weighted by Crippen LogP contribution is -2.23. The number of anilines is 2. The quantitative estimate of drug-likeness (QED) is 0.721. The lowest BCUT2D eigenvalue weighted by Gasteiger charge is -2.19. The summed E-state index contributed by atoms with van der Waals surface area (Å²) in [5, 5.41) is 7.20. The van der Waals surface area contributed by atoms with E-state index in [1.807, 2.05) is 27.7 Å². The van der Waals surface area contributed by atoms with Gasteiger partial charge in [0.15, 0.2) is 5.82 Å². The Hall–Kier alpha value is -3.29. The first-order valence-corrected chi connectivity index (χ1v) is 8.11. The molecule has 26 heavy (non-hydrogen) atoms. The van der Waals surface area contributed by atoms with Crippen LogP contribution in [0.2, 0.25) is 0 Å². The van der Waals surface area contributed by atoms with E-state index in [4.69, 9.17) is 4.74 Å². The minimum atomic E-state index is -0.526. The van der Waals surface area contributed by atoms with Crippen molar-refractivity contribution in [1.82, 2.24) is 24.7 Å². The topological polar surface area (TPSA) is 94.8 Å². The maximum Gasteiger partial charge on any atom is 0.338 e. The SMILES string of the molecule is Cc1cnc(Nc2ccc(C(=O)OC(C)(C)C)cc2)nc1-n1cncn1. The van der Waals surface area contributed by atoms with Gasteiger partial charge in [-0.05, 0) is 52.0 Å². The molecule has 0 fully saturated rings. The summed E-state index contributed by atoms with van der Waals surface area (Å²) in [5.41, 5.74) is 1.59. The molecule has 0 aliphatic carbocycles. The van der Waals surface area contributed by atoms with Crippen molar-refractivity contribution in [2.45, 2.75) is 33.3 Å². The Kier molecular flexibility index (Phi) is 4.66. The molecule has 8 nitrogen and oxygen atoms in total. The molecular weight excluding hydrogens is 332 g/mol. The van der Waals surface area contributed by atoms with E-state index < -0.39 is 5.60 Å². The van der Waals surface area contributed by atoms with Gasteiger partial charge in [-0.1, -0.05) is 0 Å². The van der Waals surface area contributed by atoms with E-state index in [-0.39, 0.29) is 5.97 Å². The van der Waals surface area contributed by atoms with Gasteiger partial charge in [-0.15, -0.1) is 0 Å². The maximum atomic E-state index is 12.1. The van der Waals surface area contributed by atoms with Crippen molar-refractivity contribution < 1.29 is 9.53 Å². The zero-order chi connectivity index (χ0) is 18.7. The van der Waals surface area contributed by atoms with E-state index in [1.165, 1.54) is 6.33 Å². The number of hydrogen-bond acceptors (Lipinski definition) is 7. The number of aromatic nitrogens is 5. The van der Waals surface area contributed by atoms with Crippen molar-refractivity contribution in [2.75, 3.05) is 5.32 Å². The average Bonchev–Trinajstić information content (AvgIpc) is 3.10. The number of carbonyl (C=O) groups is 1. The smallest absolute Gasteiger partial charge is 0.338 e.